The van der Waals surface area contributed by atoms with Gasteiger partial charge < -0.3 is 16.0 Å². The summed E-state index contributed by atoms with van der Waals surface area (Å²) in [4.78, 5) is 14.7. The van der Waals surface area contributed by atoms with Gasteiger partial charge in [0.05, 0.1) is 0 Å². The monoisotopic (exact) mass is 293 g/mol. The van der Waals surface area contributed by atoms with Gasteiger partial charge in [0.1, 0.15) is 0 Å². The number of nitrogens with zero attached hydrogens (tertiary/aromatic N) is 1. The number of rotatable bonds is 6. The van der Waals surface area contributed by atoms with E-state index in [0.717, 1.165) is 18.8 Å². The predicted molar refractivity (Wildman–Crippen MR) is 84.9 cm³/mol. The summed E-state index contributed by atoms with van der Waals surface area (Å²) in [5, 5.41) is 2.96. The lowest BCUT2D eigenvalue weighted by Gasteiger charge is -2.35. The number of hydrogen-bond acceptors (Lipinski definition) is 3. The van der Waals surface area contributed by atoms with Crippen molar-refractivity contribution in [2.45, 2.75) is 51.4 Å². The Morgan fingerprint density at radius 2 is 1.81 bits per heavy atom. The zero-order valence-electron chi connectivity index (χ0n) is 13.3. The third-order valence-corrected chi connectivity index (χ3v) is 6.04. The molecule has 3 N–H and O–H groups in total. The van der Waals surface area contributed by atoms with Gasteiger partial charge in [-0.25, -0.2) is 0 Å². The second-order valence-corrected chi connectivity index (χ2v) is 7.47. The zero-order chi connectivity index (χ0) is 14.7. The lowest BCUT2D eigenvalue weighted by molar-refractivity contribution is -0.126. The largest absolute Gasteiger partial charge is 0.355 e. The van der Waals surface area contributed by atoms with Crippen LogP contribution in [0.25, 0.3) is 0 Å². The third kappa shape index (κ3) is 3.59. The highest BCUT2D eigenvalue weighted by Gasteiger charge is 2.50. The molecule has 1 saturated heterocycles. The van der Waals surface area contributed by atoms with Gasteiger partial charge in [0.2, 0.25) is 5.91 Å². The van der Waals surface area contributed by atoms with Crippen LogP contribution >= 0.6 is 0 Å². The van der Waals surface area contributed by atoms with E-state index in [1.54, 1.807) is 0 Å². The van der Waals surface area contributed by atoms with E-state index in [0.29, 0.717) is 18.5 Å². The standard InChI is InChI=1S/C17H31N3O/c18-9-10-19-16(21)14-3-5-15(6-4-14)17(7-8-17)13-20-11-1-2-12-20/h14-15H,1-13,18H2,(H,19,21). The van der Waals surface area contributed by atoms with Gasteiger partial charge in [-0.2, -0.15) is 0 Å². The first-order valence-electron chi connectivity index (χ1n) is 8.94. The van der Waals surface area contributed by atoms with E-state index in [9.17, 15) is 4.79 Å². The van der Waals surface area contributed by atoms with E-state index in [2.05, 4.69) is 10.2 Å². The molecule has 120 valence electrons. The fourth-order valence-corrected chi connectivity index (χ4v) is 4.55. The lowest BCUT2D eigenvalue weighted by atomic mass is 9.73. The van der Waals surface area contributed by atoms with E-state index in [-0.39, 0.29) is 11.8 Å². The maximum atomic E-state index is 12.0. The summed E-state index contributed by atoms with van der Waals surface area (Å²) in [6.45, 7) is 5.14. The second kappa shape index (κ2) is 6.66. The Kier molecular flexibility index (Phi) is 4.85. The lowest BCUT2D eigenvalue weighted by Crippen LogP contribution is -2.38. The van der Waals surface area contributed by atoms with Crippen molar-refractivity contribution in [1.82, 2.24) is 10.2 Å². The fourth-order valence-electron chi connectivity index (χ4n) is 4.55. The molecule has 21 heavy (non-hydrogen) atoms. The van der Waals surface area contributed by atoms with Crippen molar-refractivity contribution >= 4 is 5.91 Å². The normalized spacial score (nSPS) is 32.0. The summed E-state index contributed by atoms with van der Waals surface area (Å²) in [6.07, 6.45) is 10.3. The Labute approximate surface area is 128 Å². The highest BCUT2D eigenvalue weighted by molar-refractivity contribution is 5.78. The van der Waals surface area contributed by atoms with Crippen LogP contribution in [0.5, 0.6) is 0 Å². The number of likely N-dealkylation sites (tertiary alicyclic amines) is 1. The first-order chi connectivity index (χ1) is 10.2. The molecule has 0 unspecified atom stereocenters. The zero-order valence-corrected chi connectivity index (χ0v) is 13.3. The minimum Gasteiger partial charge on any atom is -0.355 e. The molecule has 3 rings (SSSR count). The molecule has 1 amide bonds. The Balaban J connectivity index is 1.45. The number of carbonyl (C=O) groups excluding carboxylic acids is 1. The first kappa shape index (κ1) is 15.3. The molecule has 4 heteroatoms. The quantitative estimate of drug-likeness (QED) is 0.784. The Hall–Kier alpha value is -0.610. The SMILES string of the molecule is NCCNC(=O)C1CCC(C2(CN3CCCC3)CC2)CC1. The van der Waals surface area contributed by atoms with Crippen LogP contribution in [-0.2, 0) is 4.79 Å². The second-order valence-electron chi connectivity index (χ2n) is 7.47. The van der Waals surface area contributed by atoms with Crippen LogP contribution in [-0.4, -0.2) is 43.5 Å². The van der Waals surface area contributed by atoms with Crippen molar-refractivity contribution in [1.29, 1.82) is 0 Å². The molecule has 0 bridgehead atoms. The van der Waals surface area contributed by atoms with E-state index in [1.165, 1.54) is 58.2 Å². The van der Waals surface area contributed by atoms with Crippen LogP contribution in [0.4, 0.5) is 0 Å². The van der Waals surface area contributed by atoms with Gasteiger partial charge in [-0.3, -0.25) is 4.79 Å². The fraction of sp³-hybridized carbons (Fsp3) is 0.941. The molecule has 0 radical (unpaired) electrons. The summed E-state index contributed by atoms with van der Waals surface area (Å²) < 4.78 is 0. The predicted octanol–water partition coefficient (Wildman–Crippen LogP) is 1.74. The van der Waals surface area contributed by atoms with Crippen LogP contribution in [0.2, 0.25) is 0 Å². The van der Waals surface area contributed by atoms with Crippen molar-refractivity contribution in [3.8, 4) is 0 Å². The highest BCUT2D eigenvalue weighted by atomic mass is 16.1. The highest BCUT2D eigenvalue weighted by Crippen LogP contribution is 2.57. The smallest absolute Gasteiger partial charge is 0.223 e. The van der Waals surface area contributed by atoms with Crippen molar-refractivity contribution in [2.75, 3.05) is 32.7 Å². The average Bonchev–Trinajstić information content (AvgIpc) is 3.11. The summed E-state index contributed by atoms with van der Waals surface area (Å²) in [6, 6.07) is 0. The van der Waals surface area contributed by atoms with Crippen molar-refractivity contribution < 1.29 is 4.79 Å². The molecule has 4 nitrogen and oxygen atoms in total. The molecular weight excluding hydrogens is 262 g/mol. The molecule has 0 aromatic rings. The van der Waals surface area contributed by atoms with Gasteiger partial charge in [-0.05, 0) is 75.8 Å². The van der Waals surface area contributed by atoms with Gasteiger partial charge in [0.15, 0.2) is 0 Å². The Bertz CT molecular complexity index is 353. The van der Waals surface area contributed by atoms with Gasteiger partial charge >= 0.3 is 0 Å². The number of carbonyl (C=O) groups is 1. The molecule has 1 aliphatic heterocycles. The summed E-state index contributed by atoms with van der Waals surface area (Å²) >= 11 is 0. The molecule has 0 atom stereocenters. The number of nitrogens with two attached hydrogens (primary N) is 1. The van der Waals surface area contributed by atoms with Gasteiger partial charge in [-0.15, -0.1) is 0 Å². The van der Waals surface area contributed by atoms with Crippen LogP contribution < -0.4 is 11.1 Å². The molecule has 3 fully saturated rings. The summed E-state index contributed by atoms with van der Waals surface area (Å²) in [5.74, 6) is 1.36. The Morgan fingerprint density at radius 3 is 2.38 bits per heavy atom. The van der Waals surface area contributed by atoms with Crippen LogP contribution in [0.1, 0.15) is 51.4 Å². The van der Waals surface area contributed by atoms with Crippen LogP contribution in [0.15, 0.2) is 0 Å². The van der Waals surface area contributed by atoms with Gasteiger partial charge in [0, 0.05) is 25.6 Å². The summed E-state index contributed by atoms with van der Waals surface area (Å²) in [5.41, 5.74) is 6.08. The molecule has 1 heterocycles. The molecule has 0 spiro atoms. The average molecular weight is 293 g/mol. The van der Waals surface area contributed by atoms with Gasteiger partial charge in [-0.1, -0.05) is 0 Å². The molecule has 2 saturated carbocycles. The van der Waals surface area contributed by atoms with Crippen LogP contribution in [0.3, 0.4) is 0 Å². The summed E-state index contributed by atoms with van der Waals surface area (Å²) in [7, 11) is 0. The minimum absolute atomic E-state index is 0.239. The third-order valence-electron chi connectivity index (χ3n) is 6.04. The first-order valence-corrected chi connectivity index (χ1v) is 8.94. The van der Waals surface area contributed by atoms with Crippen LogP contribution in [0, 0.1) is 17.3 Å². The molecular formula is C17H31N3O. The van der Waals surface area contributed by atoms with Crippen molar-refractivity contribution in [2.24, 2.45) is 23.0 Å². The number of nitrogens with one attached hydrogen (secondary N) is 1. The van der Waals surface area contributed by atoms with E-state index in [4.69, 9.17) is 5.73 Å². The number of amides is 1. The molecule has 2 aliphatic carbocycles. The van der Waals surface area contributed by atoms with Crippen molar-refractivity contribution in [3.63, 3.8) is 0 Å². The maximum absolute atomic E-state index is 12.0. The topological polar surface area (TPSA) is 58.4 Å². The minimum atomic E-state index is 0.239. The van der Waals surface area contributed by atoms with Crippen molar-refractivity contribution in [3.05, 3.63) is 0 Å². The molecule has 3 aliphatic rings. The molecule has 0 aromatic heterocycles. The number of hydrogen-bond donors (Lipinski definition) is 2. The maximum Gasteiger partial charge on any atom is 0.223 e. The van der Waals surface area contributed by atoms with E-state index >= 15 is 0 Å². The molecule has 0 aromatic carbocycles. The Morgan fingerprint density at radius 1 is 1.14 bits per heavy atom. The van der Waals surface area contributed by atoms with E-state index in [1.807, 2.05) is 0 Å². The van der Waals surface area contributed by atoms with Gasteiger partial charge in [0.25, 0.3) is 0 Å². The van der Waals surface area contributed by atoms with E-state index < -0.39 is 0 Å².